The van der Waals surface area contributed by atoms with Gasteiger partial charge in [0.25, 0.3) is 5.56 Å². The molecule has 0 saturated carbocycles. The summed E-state index contributed by atoms with van der Waals surface area (Å²) in [4.78, 5) is 25.5. The highest BCUT2D eigenvalue weighted by Crippen LogP contribution is 2.36. The molecule has 3 aromatic rings. The van der Waals surface area contributed by atoms with Crippen molar-refractivity contribution >= 4 is 38.4 Å². The van der Waals surface area contributed by atoms with Crippen LogP contribution >= 0.6 is 27.5 Å². The number of nitrogens with zero attached hydrogens (tertiary/aromatic N) is 3. The molecule has 1 aliphatic rings. The second-order valence-corrected chi connectivity index (χ2v) is 8.47. The Balaban J connectivity index is 1.78. The molecule has 1 N–H and O–H groups in total. The first-order valence-corrected chi connectivity index (χ1v) is 10.7. The number of halogens is 4. The molecule has 0 amide bonds. The SMILES string of the molecule is Cn1c(C(F)(F)F)cc(=O)n(-c2ccc3nsc(C4OCC(O)(CBr)CO4)c3c2)c1=O. The van der Waals surface area contributed by atoms with Gasteiger partial charge in [0.2, 0.25) is 0 Å². The number of fused-ring (bicyclic) bond motifs is 1. The summed E-state index contributed by atoms with van der Waals surface area (Å²) in [5.41, 5.74) is -4.11. The number of hydrogen-bond acceptors (Lipinski definition) is 7. The molecule has 0 unspecified atom stereocenters. The van der Waals surface area contributed by atoms with Crippen molar-refractivity contribution in [1.82, 2.24) is 13.5 Å². The van der Waals surface area contributed by atoms with Gasteiger partial charge < -0.3 is 14.6 Å². The highest BCUT2D eigenvalue weighted by Gasteiger charge is 2.37. The van der Waals surface area contributed by atoms with Crippen LogP contribution in [0.2, 0.25) is 0 Å². The lowest BCUT2D eigenvalue weighted by atomic mass is 10.1. The smallest absolute Gasteiger partial charge is 0.384 e. The quantitative estimate of drug-likeness (QED) is 0.531. The normalized spacial score (nSPS) is 22.2. The summed E-state index contributed by atoms with van der Waals surface area (Å²) >= 11 is 4.28. The third kappa shape index (κ3) is 3.96. The van der Waals surface area contributed by atoms with E-state index < -0.39 is 35.0 Å². The number of alkyl halides is 4. The monoisotopic (exact) mass is 521 g/mol. The lowest BCUT2D eigenvalue weighted by molar-refractivity contribution is -0.248. The maximum atomic E-state index is 13.1. The van der Waals surface area contributed by atoms with E-state index in [1.54, 1.807) is 6.07 Å². The molecule has 1 fully saturated rings. The highest BCUT2D eigenvalue weighted by atomic mass is 79.9. The Labute approximate surface area is 184 Å². The third-order valence-corrected chi connectivity index (χ3v) is 6.77. The van der Waals surface area contributed by atoms with Gasteiger partial charge in [0.05, 0.1) is 29.3 Å². The molecule has 0 atom stereocenters. The van der Waals surface area contributed by atoms with E-state index >= 15 is 0 Å². The van der Waals surface area contributed by atoms with Crippen LogP contribution in [0.1, 0.15) is 16.9 Å². The van der Waals surface area contributed by atoms with E-state index in [0.29, 0.717) is 31.0 Å². The van der Waals surface area contributed by atoms with Gasteiger partial charge in [0.1, 0.15) is 11.3 Å². The lowest BCUT2D eigenvalue weighted by Crippen LogP contribution is -2.46. The molecular formula is C18H15BrF3N3O5S. The van der Waals surface area contributed by atoms with E-state index in [1.165, 1.54) is 12.1 Å². The first-order valence-electron chi connectivity index (χ1n) is 8.86. The predicted molar refractivity (Wildman–Crippen MR) is 109 cm³/mol. The minimum absolute atomic E-state index is 0.0148. The summed E-state index contributed by atoms with van der Waals surface area (Å²) in [5.74, 6) is 0. The molecule has 2 aromatic heterocycles. The first-order chi connectivity index (χ1) is 14.5. The van der Waals surface area contributed by atoms with Crippen molar-refractivity contribution in [2.75, 3.05) is 18.5 Å². The van der Waals surface area contributed by atoms with Gasteiger partial charge in [-0.05, 0) is 29.7 Å². The second kappa shape index (κ2) is 7.81. The number of hydrogen-bond donors (Lipinski definition) is 1. The van der Waals surface area contributed by atoms with Crippen molar-refractivity contribution in [3.05, 3.63) is 55.7 Å². The van der Waals surface area contributed by atoms with E-state index in [4.69, 9.17) is 9.47 Å². The topological polar surface area (TPSA) is 95.6 Å². The van der Waals surface area contributed by atoms with E-state index in [1.807, 2.05) is 0 Å². The number of aliphatic hydroxyl groups is 1. The van der Waals surface area contributed by atoms with Crippen LogP contribution in [-0.2, 0) is 22.7 Å². The molecule has 13 heteroatoms. The van der Waals surface area contributed by atoms with Gasteiger partial charge in [0, 0.05) is 23.8 Å². The zero-order valence-corrected chi connectivity index (χ0v) is 18.3. The van der Waals surface area contributed by atoms with Crippen LogP contribution in [0.3, 0.4) is 0 Å². The molecule has 0 aliphatic carbocycles. The Bertz CT molecular complexity index is 1260. The predicted octanol–water partition coefficient (Wildman–Crippen LogP) is 2.34. The molecule has 0 spiro atoms. The minimum Gasteiger partial charge on any atom is -0.384 e. The fourth-order valence-corrected chi connectivity index (χ4v) is 4.34. The van der Waals surface area contributed by atoms with Gasteiger partial charge >= 0.3 is 11.9 Å². The Kier molecular flexibility index (Phi) is 5.58. The van der Waals surface area contributed by atoms with E-state index in [2.05, 4.69) is 20.3 Å². The van der Waals surface area contributed by atoms with Crippen LogP contribution < -0.4 is 11.2 Å². The van der Waals surface area contributed by atoms with Gasteiger partial charge in [-0.1, -0.05) is 15.9 Å². The molecular weight excluding hydrogens is 507 g/mol. The zero-order chi connectivity index (χ0) is 22.6. The Morgan fingerprint density at radius 3 is 2.58 bits per heavy atom. The van der Waals surface area contributed by atoms with Crippen molar-refractivity contribution in [2.45, 2.75) is 18.1 Å². The van der Waals surface area contributed by atoms with Crippen molar-refractivity contribution in [3.8, 4) is 5.69 Å². The van der Waals surface area contributed by atoms with Crippen LogP contribution in [-0.4, -0.2) is 42.8 Å². The summed E-state index contributed by atoms with van der Waals surface area (Å²) in [6, 6.07) is 4.83. The Hall–Kier alpha value is -2.06. The highest BCUT2D eigenvalue weighted by molar-refractivity contribution is 9.09. The van der Waals surface area contributed by atoms with Crippen molar-refractivity contribution < 1.29 is 27.8 Å². The number of aromatic nitrogens is 3. The summed E-state index contributed by atoms with van der Waals surface area (Å²) in [7, 11) is 0.950. The lowest BCUT2D eigenvalue weighted by Gasteiger charge is -2.34. The van der Waals surface area contributed by atoms with Crippen LogP contribution in [0.5, 0.6) is 0 Å². The van der Waals surface area contributed by atoms with Gasteiger partial charge in [-0.25, -0.2) is 9.36 Å². The summed E-state index contributed by atoms with van der Waals surface area (Å²) in [5, 5.41) is 11.0. The summed E-state index contributed by atoms with van der Waals surface area (Å²) in [6.07, 6.45) is -5.66. The third-order valence-electron chi connectivity index (χ3n) is 4.83. The minimum atomic E-state index is -4.84. The Morgan fingerprint density at radius 2 is 1.97 bits per heavy atom. The fourth-order valence-electron chi connectivity index (χ4n) is 3.17. The van der Waals surface area contributed by atoms with Gasteiger partial charge in [-0.2, -0.15) is 17.5 Å². The van der Waals surface area contributed by atoms with E-state index in [0.717, 1.165) is 18.6 Å². The number of ether oxygens (including phenoxy) is 2. The van der Waals surface area contributed by atoms with Gasteiger partial charge in [-0.15, -0.1) is 0 Å². The van der Waals surface area contributed by atoms with Crippen LogP contribution in [0.4, 0.5) is 13.2 Å². The first kappa shape index (κ1) is 22.1. The second-order valence-electron chi connectivity index (χ2n) is 7.10. The molecule has 1 aliphatic heterocycles. The molecule has 31 heavy (non-hydrogen) atoms. The molecule has 0 bridgehead atoms. The van der Waals surface area contributed by atoms with Gasteiger partial charge in [-0.3, -0.25) is 9.36 Å². The molecule has 1 aromatic carbocycles. The maximum Gasteiger partial charge on any atom is 0.431 e. The standard InChI is InChI=1S/C18H15BrF3N3O5S/c1-24-12(18(20,21)22)5-13(26)25(16(24)27)9-2-3-11-10(4-9)14(31-23-11)15-29-7-17(28,6-19)8-30-15/h2-5,15,28H,6-8H2,1H3. The average Bonchev–Trinajstić information content (AvgIpc) is 3.14. The summed E-state index contributed by atoms with van der Waals surface area (Å²) < 4.78 is 55.8. The Morgan fingerprint density at radius 1 is 1.29 bits per heavy atom. The van der Waals surface area contributed by atoms with Crippen LogP contribution in [0.25, 0.3) is 16.6 Å². The summed E-state index contributed by atoms with van der Waals surface area (Å²) in [6.45, 7) is 0.0296. The molecule has 8 nitrogen and oxygen atoms in total. The average molecular weight is 522 g/mol. The van der Waals surface area contributed by atoms with E-state index in [-0.39, 0.29) is 24.2 Å². The van der Waals surface area contributed by atoms with E-state index in [9.17, 15) is 27.9 Å². The van der Waals surface area contributed by atoms with Crippen molar-refractivity contribution in [2.24, 2.45) is 7.05 Å². The number of benzene rings is 1. The van der Waals surface area contributed by atoms with Crippen molar-refractivity contribution in [3.63, 3.8) is 0 Å². The molecule has 0 radical (unpaired) electrons. The zero-order valence-electron chi connectivity index (χ0n) is 15.9. The molecule has 1 saturated heterocycles. The van der Waals surface area contributed by atoms with Crippen LogP contribution in [0.15, 0.2) is 33.9 Å². The molecule has 4 rings (SSSR count). The molecule has 3 heterocycles. The van der Waals surface area contributed by atoms with Crippen LogP contribution in [0, 0.1) is 0 Å². The molecule has 166 valence electrons. The largest absolute Gasteiger partial charge is 0.431 e. The van der Waals surface area contributed by atoms with Gasteiger partial charge in [0.15, 0.2) is 6.29 Å². The maximum absolute atomic E-state index is 13.1. The number of rotatable bonds is 3. The van der Waals surface area contributed by atoms with Crippen molar-refractivity contribution in [1.29, 1.82) is 0 Å². The fraction of sp³-hybridized carbons (Fsp3) is 0.389.